The molecule has 6 nitrogen and oxygen atoms in total. The average molecular weight is 411 g/mol. The number of amides is 3. The Balaban J connectivity index is 1.24. The molecule has 0 aliphatic carbocycles. The average Bonchev–Trinajstić information content (AvgIpc) is 3.42. The van der Waals surface area contributed by atoms with Crippen LogP contribution in [0.2, 0.25) is 0 Å². The third-order valence-electron chi connectivity index (χ3n) is 5.44. The third kappa shape index (κ3) is 4.79. The Morgan fingerprint density at radius 2 is 2.07 bits per heavy atom. The number of nitrogens with zero attached hydrogens (tertiary/aromatic N) is 1. The molecule has 7 heteroatoms. The molecule has 3 aromatic rings. The van der Waals surface area contributed by atoms with Gasteiger partial charge in [0.25, 0.3) is 0 Å². The smallest absolute Gasteiger partial charge is 0.317 e. The third-order valence-corrected chi connectivity index (χ3v) is 6.32. The molecule has 29 heavy (non-hydrogen) atoms. The van der Waals surface area contributed by atoms with E-state index in [-0.39, 0.29) is 17.9 Å². The molecule has 2 aromatic heterocycles. The standard InChI is InChI=1S/C22H26N4O2S/c27-21(23-10-9-16-13-24-20-8-2-1-7-19(16)20)17-5-3-11-26(15-17)22(28)25-14-18-6-4-12-29-18/h1-2,4,6-8,12-13,17,24H,3,5,9-11,14-15H2,(H,23,27)(H,25,28). The number of thiophene rings is 1. The van der Waals surface area contributed by atoms with E-state index in [1.807, 2.05) is 35.8 Å². The number of aromatic amines is 1. The molecule has 3 amide bonds. The minimum absolute atomic E-state index is 0.0422. The van der Waals surface area contributed by atoms with Gasteiger partial charge in [0.15, 0.2) is 0 Å². The lowest BCUT2D eigenvalue weighted by Crippen LogP contribution is -2.48. The number of para-hydroxylation sites is 1. The van der Waals surface area contributed by atoms with Crippen molar-refractivity contribution in [3.63, 3.8) is 0 Å². The molecule has 3 heterocycles. The van der Waals surface area contributed by atoms with Crippen molar-refractivity contribution < 1.29 is 9.59 Å². The summed E-state index contributed by atoms with van der Waals surface area (Å²) >= 11 is 1.63. The fraction of sp³-hybridized carbons (Fsp3) is 0.364. The second kappa shape index (κ2) is 9.13. The molecule has 0 spiro atoms. The zero-order chi connectivity index (χ0) is 20.1. The second-order valence-corrected chi connectivity index (χ2v) is 8.46. The van der Waals surface area contributed by atoms with E-state index in [9.17, 15) is 9.59 Å². The van der Waals surface area contributed by atoms with E-state index in [2.05, 4.69) is 27.8 Å². The number of fused-ring (bicyclic) bond motifs is 1. The molecule has 152 valence electrons. The summed E-state index contributed by atoms with van der Waals surface area (Å²) in [6.45, 7) is 2.32. The van der Waals surface area contributed by atoms with Crippen LogP contribution < -0.4 is 10.6 Å². The van der Waals surface area contributed by atoms with Crippen LogP contribution in [0.1, 0.15) is 23.3 Å². The van der Waals surface area contributed by atoms with Crippen LogP contribution in [0.3, 0.4) is 0 Å². The molecule has 1 unspecified atom stereocenters. The number of piperidine rings is 1. The lowest BCUT2D eigenvalue weighted by atomic mass is 9.97. The summed E-state index contributed by atoms with van der Waals surface area (Å²) in [5, 5.41) is 9.22. The van der Waals surface area contributed by atoms with E-state index in [1.54, 1.807) is 16.2 Å². The summed E-state index contributed by atoms with van der Waals surface area (Å²) < 4.78 is 0. The van der Waals surface area contributed by atoms with E-state index in [4.69, 9.17) is 0 Å². The Labute approximate surface area is 174 Å². The fourth-order valence-corrected chi connectivity index (χ4v) is 4.51. The van der Waals surface area contributed by atoms with Crippen molar-refractivity contribution in [3.05, 3.63) is 58.4 Å². The largest absolute Gasteiger partial charge is 0.361 e. The van der Waals surface area contributed by atoms with Crippen molar-refractivity contribution in [2.45, 2.75) is 25.8 Å². The van der Waals surface area contributed by atoms with Crippen molar-refractivity contribution in [2.75, 3.05) is 19.6 Å². The summed E-state index contributed by atoms with van der Waals surface area (Å²) in [4.78, 5) is 31.2. The molecule has 0 radical (unpaired) electrons. The first-order valence-corrected chi connectivity index (χ1v) is 11.0. The van der Waals surface area contributed by atoms with Crippen LogP contribution >= 0.6 is 11.3 Å². The molecule has 1 saturated heterocycles. The van der Waals surface area contributed by atoms with Crippen LogP contribution in [0.15, 0.2) is 48.0 Å². The van der Waals surface area contributed by atoms with Gasteiger partial charge in [0.05, 0.1) is 12.5 Å². The van der Waals surface area contributed by atoms with Gasteiger partial charge in [-0.1, -0.05) is 24.3 Å². The summed E-state index contributed by atoms with van der Waals surface area (Å²) in [5.74, 6) is -0.0974. The number of likely N-dealkylation sites (tertiary alicyclic amines) is 1. The van der Waals surface area contributed by atoms with Crippen LogP contribution in [-0.2, 0) is 17.8 Å². The first kappa shape index (κ1) is 19.5. The highest BCUT2D eigenvalue weighted by Gasteiger charge is 2.28. The van der Waals surface area contributed by atoms with Gasteiger partial charge in [0.1, 0.15) is 0 Å². The number of aromatic nitrogens is 1. The first-order valence-electron chi connectivity index (χ1n) is 10.1. The molecule has 3 N–H and O–H groups in total. The Bertz CT molecular complexity index is 966. The van der Waals surface area contributed by atoms with Crippen LogP contribution in [-0.4, -0.2) is 41.5 Å². The van der Waals surface area contributed by atoms with Gasteiger partial charge in [0, 0.05) is 41.6 Å². The number of hydrogen-bond donors (Lipinski definition) is 3. The number of H-pyrrole nitrogens is 1. The predicted molar refractivity (Wildman–Crippen MR) is 116 cm³/mol. The monoisotopic (exact) mass is 410 g/mol. The predicted octanol–water partition coefficient (Wildman–Crippen LogP) is 3.51. The molecule has 1 atom stereocenters. The highest BCUT2D eigenvalue weighted by molar-refractivity contribution is 7.09. The molecule has 4 rings (SSSR count). The maximum Gasteiger partial charge on any atom is 0.317 e. The van der Waals surface area contributed by atoms with Gasteiger partial charge in [-0.2, -0.15) is 0 Å². The van der Waals surface area contributed by atoms with Gasteiger partial charge in [-0.15, -0.1) is 11.3 Å². The van der Waals surface area contributed by atoms with Gasteiger partial charge in [0.2, 0.25) is 5.91 Å². The number of urea groups is 1. The number of carbonyl (C=O) groups excluding carboxylic acids is 2. The minimum atomic E-state index is -0.140. The molecule has 1 aromatic carbocycles. The van der Waals surface area contributed by atoms with Gasteiger partial charge in [-0.3, -0.25) is 4.79 Å². The van der Waals surface area contributed by atoms with Gasteiger partial charge in [-0.25, -0.2) is 4.79 Å². The van der Waals surface area contributed by atoms with Crippen molar-refractivity contribution in [2.24, 2.45) is 5.92 Å². The number of benzene rings is 1. The summed E-state index contributed by atoms with van der Waals surface area (Å²) in [5.41, 5.74) is 2.32. The topological polar surface area (TPSA) is 77.2 Å². The number of nitrogens with one attached hydrogen (secondary N) is 3. The first-order chi connectivity index (χ1) is 14.2. The molecular weight excluding hydrogens is 384 g/mol. The zero-order valence-corrected chi connectivity index (χ0v) is 17.1. The number of carbonyl (C=O) groups is 2. The van der Waals surface area contributed by atoms with Crippen LogP contribution in [0, 0.1) is 5.92 Å². The summed E-state index contributed by atoms with van der Waals surface area (Å²) in [6, 6.07) is 12.1. The lowest BCUT2D eigenvalue weighted by Gasteiger charge is -2.32. The van der Waals surface area contributed by atoms with Gasteiger partial charge < -0.3 is 20.5 Å². The van der Waals surface area contributed by atoms with E-state index in [0.29, 0.717) is 26.2 Å². The Hall–Kier alpha value is -2.80. The van der Waals surface area contributed by atoms with E-state index >= 15 is 0 Å². The molecule has 1 aliphatic heterocycles. The maximum atomic E-state index is 12.6. The Kier molecular flexibility index (Phi) is 6.14. The van der Waals surface area contributed by atoms with E-state index < -0.39 is 0 Å². The van der Waals surface area contributed by atoms with Crippen molar-refractivity contribution in [1.29, 1.82) is 0 Å². The maximum absolute atomic E-state index is 12.6. The van der Waals surface area contributed by atoms with Crippen molar-refractivity contribution in [1.82, 2.24) is 20.5 Å². The Morgan fingerprint density at radius 1 is 1.17 bits per heavy atom. The van der Waals surface area contributed by atoms with Gasteiger partial charge >= 0.3 is 6.03 Å². The minimum Gasteiger partial charge on any atom is -0.361 e. The molecule has 1 aliphatic rings. The van der Waals surface area contributed by atoms with Crippen LogP contribution in [0.4, 0.5) is 4.79 Å². The van der Waals surface area contributed by atoms with E-state index in [1.165, 1.54) is 10.9 Å². The molecular formula is C22H26N4O2S. The molecule has 0 bridgehead atoms. The van der Waals surface area contributed by atoms with Crippen molar-refractivity contribution >= 4 is 34.2 Å². The fourth-order valence-electron chi connectivity index (χ4n) is 3.87. The second-order valence-electron chi connectivity index (χ2n) is 7.42. The van der Waals surface area contributed by atoms with Crippen molar-refractivity contribution in [3.8, 4) is 0 Å². The van der Waals surface area contributed by atoms with E-state index in [0.717, 1.165) is 29.7 Å². The molecule has 1 fully saturated rings. The highest BCUT2D eigenvalue weighted by Crippen LogP contribution is 2.19. The van der Waals surface area contributed by atoms with Crippen LogP contribution in [0.5, 0.6) is 0 Å². The Morgan fingerprint density at radius 3 is 2.93 bits per heavy atom. The van der Waals surface area contributed by atoms with Crippen LogP contribution in [0.25, 0.3) is 10.9 Å². The quantitative estimate of drug-likeness (QED) is 0.582. The number of hydrogen-bond acceptors (Lipinski definition) is 3. The molecule has 0 saturated carbocycles. The highest BCUT2D eigenvalue weighted by atomic mass is 32.1. The normalized spacial score (nSPS) is 16.7. The summed E-state index contributed by atoms with van der Waals surface area (Å²) in [6.07, 6.45) is 4.48. The zero-order valence-electron chi connectivity index (χ0n) is 16.3. The SMILES string of the molecule is O=C(NCCc1c[nH]c2ccccc12)C1CCCN(C(=O)NCc2cccs2)C1. The summed E-state index contributed by atoms with van der Waals surface area (Å²) in [7, 11) is 0. The van der Waals surface area contributed by atoms with Gasteiger partial charge in [-0.05, 0) is 42.3 Å². The number of rotatable bonds is 6. The lowest BCUT2D eigenvalue weighted by molar-refractivity contribution is -0.126.